The topological polar surface area (TPSA) is 101 Å². The van der Waals surface area contributed by atoms with E-state index in [-0.39, 0.29) is 12.3 Å². The van der Waals surface area contributed by atoms with Gasteiger partial charge in [-0.1, -0.05) is 0 Å². The molecule has 0 heterocycles. The molecule has 0 fully saturated rings. The Morgan fingerprint density at radius 1 is 1.36 bits per heavy atom. The molecule has 80 valence electrons. The van der Waals surface area contributed by atoms with Gasteiger partial charge in [-0.15, -0.1) is 0 Å². The Morgan fingerprint density at radius 2 is 1.93 bits per heavy atom. The van der Waals surface area contributed by atoms with Gasteiger partial charge in [0, 0.05) is 25.0 Å². The first-order chi connectivity index (χ1) is 6.31. The molecule has 0 saturated carbocycles. The predicted molar refractivity (Wildman–Crippen MR) is 49.5 cm³/mol. The van der Waals surface area contributed by atoms with Crippen molar-refractivity contribution in [1.82, 2.24) is 5.32 Å². The van der Waals surface area contributed by atoms with Gasteiger partial charge in [-0.05, 0) is 0 Å². The molecule has 0 aliphatic heterocycles. The second kappa shape index (κ2) is 5.38. The molecule has 7 heteroatoms. The van der Waals surface area contributed by atoms with Crippen LogP contribution in [0.15, 0.2) is 12.2 Å². The zero-order valence-electron chi connectivity index (χ0n) is 7.56. The third-order valence-corrected chi connectivity index (χ3v) is 2.10. The van der Waals surface area contributed by atoms with Crippen LogP contribution in [0.1, 0.15) is 0 Å². The lowest BCUT2D eigenvalue weighted by Gasteiger charge is -1.99. The lowest BCUT2D eigenvalue weighted by molar-refractivity contribution is -0.131. The normalized spacial score (nSPS) is 11.5. The molecule has 0 aromatic carbocycles. The number of hydrogen-bond donors (Lipinski definition) is 2. The van der Waals surface area contributed by atoms with E-state index >= 15 is 0 Å². The van der Waals surface area contributed by atoms with Crippen molar-refractivity contribution in [3.05, 3.63) is 12.2 Å². The Balaban J connectivity index is 3.82. The van der Waals surface area contributed by atoms with Crippen LogP contribution < -0.4 is 5.32 Å². The Kier molecular flexibility index (Phi) is 4.85. The van der Waals surface area contributed by atoms with E-state index in [1.165, 1.54) is 0 Å². The second-order valence-corrected chi connectivity index (χ2v) is 4.85. The fraction of sp³-hybridized carbons (Fsp3) is 0.429. The number of carbonyl (C=O) groups excluding carboxylic acids is 1. The Hall–Kier alpha value is -1.37. The predicted octanol–water partition coefficient (Wildman–Crippen LogP) is -1.21. The highest BCUT2D eigenvalue weighted by Gasteiger charge is 2.02. The van der Waals surface area contributed by atoms with Gasteiger partial charge in [0.15, 0.2) is 0 Å². The van der Waals surface area contributed by atoms with Crippen LogP contribution >= 0.6 is 0 Å². The lowest BCUT2D eigenvalue weighted by atomic mass is 10.4. The summed E-state index contributed by atoms with van der Waals surface area (Å²) in [6, 6.07) is 0. The second-order valence-electron chi connectivity index (χ2n) is 2.59. The third-order valence-electron chi connectivity index (χ3n) is 1.15. The van der Waals surface area contributed by atoms with E-state index in [0.29, 0.717) is 6.08 Å². The number of carbonyl (C=O) groups is 2. The van der Waals surface area contributed by atoms with Crippen molar-refractivity contribution in [1.29, 1.82) is 0 Å². The molecule has 1 amide bonds. The van der Waals surface area contributed by atoms with Crippen LogP contribution in [0.25, 0.3) is 0 Å². The van der Waals surface area contributed by atoms with Crippen LogP contribution in [-0.4, -0.2) is 44.0 Å². The van der Waals surface area contributed by atoms with E-state index in [0.717, 1.165) is 12.3 Å². The summed E-state index contributed by atoms with van der Waals surface area (Å²) in [6.45, 7) is -0.0262. The minimum atomic E-state index is -3.11. The van der Waals surface area contributed by atoms with Gasteiger partial charge in [-0.25, -0.2) is 13.2 Å². The summed E-state index contributed by atoms with van der Waals surface area (Å²) in [4.78, 5) is 20.8. The van der Waals surface area contributed by atoms with Gasteiger partial charge >= 0.3 is 5.97 Å². The fourth-order valence-electron chi connectivity index (χ4n) is 0.566. The molecule has 0 aromatic heterocycles. The molecule has 14 heavy (non-hydrogen) atoms. The Labute approximate surface area is 81.5 Å². The highest BCUT2D eigenvalue weighted by atomic mass is 32.2. The number of rotatable bonds is 5. The van der Waals surface area contributed by atoms with E-state index in [1.807, 2.05) is 0 Å². The lowest BCUT2D eigenvalue weighted by Crippen LogP contribution is -2.27. The number of carboxylic acids is 1. The van der Waals surface area contributed by atoms with Gasteiger partial charge in [-0.3, -0.25) is 4.79 Å². The first kappa shape index (κ1) is 12.6. The molecular formula is C7H11NO5S. The maximum Gasteiger partial charge on any atom is 0.328 e. The monoisotopic (exact) mass is 221 g/mol. The summed E-state index contributed by atoms with van der Waals surface area (Å²) in [5, 5.41) is 10.4. The molecule has 0 bridgehead atoms. The molecule has 0 rings (SSSR count). The highest BCUT2D eigenvalue weighted by molar-refractivity contribution is 7.90. The third kappa shape index (κ3) is 8.72. The molecule has 2 N–H and O–H groups in total. The van der Waals surface area contributed by atoms with E-state index in [2.05, 4.69) is 5.32 Å². The van der Waals surface area contributed by atoms with E-state index in [9.17, 15) is 18.0 Å². The Morgan fingerprint density at radius 3 is 2.36 bits per heavy atom. The molecule has 0 aliphatic carbocycles. The number of sulfone groups is 1. The molecule has 0 aromatic rings. The first-order valence-corrected chi connectivity index (χ1v) is 5.74. The van der Waals surface area contributed by atoms with Crippen LogP contribution in [0.3, 0.4) is 0 Å². The van der Waals surface area contributed by atoms with Crippen LogP contribution in [0.2, 0.25) is 0 Å². The molecule has 0 spiro atoms. The quantitative estimate of drug-likeness (QED) is 0.567. The minimum Gasteiger partial charge on any atom is -0.478 e. The summed E-state index contributed by atoms with van der Waals surface area (Å²) < 4.78 is 21.2. The van der Waals surface area contributed by atoms with Gasteiger partial charge in [0.1, 0.15) is 9.84 Å². The molecule has 0 saturated heterocycles. The summed E-state index contributed by atoms with van der Waals surface area (Å²) in [5.74, 6) is -2.03. The number of carboxylic acid groups (broad SMARTS) is 1. The maximum absolute atomic E-state index is 10.8. The van der Waals surface area contributed by atoms with Crippen molar-refractivity contribution in [2.75, 3.05) is 18.6 Å². The van der Waals surface area contributed by atoms with Gasteiger partial charge in [-0.2, -0.15) is 0 Å². The van der Waals surface area contributed by atoms with Gasteiger partial charge in [0.2, 0.25) is 5.91 Å². The van der Waals surface area contributed by atoms with Crippen molar-refractivity contribution in [2.45, 2.75) is 0 Å². The summed E-state index contributed by atoms with van der Waals surface area (Å²) in [5.41, 5.74) is 0. The zero-order valence-corrected chi connectivity index (χ0v) is 8.37. The SMILES string of the molecule is CS(=O)(=O)CCNC(=O)C=CC(=O)O. The van der Waals surface area contributed by atoms with Crippen LogP contribution in [-0.2, 0) is 19.4 Å². The summed E-state index contributed by atoms with van der Waals surface area (Å²) >= 11 is 0. The molecule has 6 nitrogen and oxygen atoms in total. The molecule has 0 atom stereocenters. The van der Waals surface area contributed by atoms with Crippen LogP contribution in [0.5, 0.6) is 0 Å². The van der Waals surface area contributed by atoms with Gasteiger partial charge in [0.25, 0.3) is 0 Å². The van der Waals surface area contributed by atoms with Gasteiger partial charge in [0.05, 0.1) is 5.75 Å². The van der Waals surface area contributed by atoms with Crippen molar-refractivity contribution in [3.63, 3.8) is 0 Å². The fourth-order valence-corrected chi connectivity index (χ4v) is 1.04. The number of nitrogens with one attached hydrogen (secondary N) is 1. The standard InChI is InChI=1S/C7H11NO5S/c1-14(12,13)5-4-8-6(9)2-3-7(10)11/h2-3H,4-5H2,1H3,(H,8,9)(H,10,11). The average molecular weight is 221 g/mol. The van der Waals surface area contributed by atoms with Crippen molar-refractivity contribution < 1.29 is 23.1 Å². The molecular weight excluding hydrogens is 210 g/mol. The summed E-state index contributed by atoms with van der Waals surface area (Å²) in [7, 11) is -3.11. The number of aliphatic carboxylic acids is 1. The van der Waals surface area contributed by atoms with Crippen molar-refractivity contribution >= 4 is 21.7 Å². The zero-order chi connectivity index (χ0) is 11.2. The van der Waals surface area contributed by atoms with Crippen molar-refractivity contribution in [2.24, 2.45) is 0 Å². The Bertz CT molecular complexity index is 343. The van der Waals surface area contributed by atoms with Crippen LogP contribution in [0, 0.1) is 0 Å². The first-order valence-electron chi connectivity index (χ1n) is 3.68. The number of hydrogen-bond acceptors (Lipinski definition) is 4. The van der Waals surface area contributed by atoms with E-state index in [1.54, 1.807) is 0 Å². The van der Waals surface area contributed by atoms with E-state index < -0.39 is 21.7 Å². The smallest absolute Gasteiger partial charge is 0.328 e. The average Bonchev–Trinajstić information content (AvgIpc) is 1.98. The molecule has 0 aliphatic rings. The summed E-state index contributed by atoms with van der Waals surface area (Å²) in [6.07, 6.45) is 2.55. The number of amides is 1. The largest absolute Gasteiger partial charge is 0.478 e. The minimum absolute atomic E-state index is 0.0262. The maximum atomic E-state index is 10.8. The van der Waals surface area contributed by atoms with E-state index in [4.69, 9.17) is 5.11 Å². The molecule has 0 radical (unpaired) electrons. The highest BCUT2D eigenvalue weighted by Crippen LogP contribution is 1.80. The van der Waals surface area contributed by atoms with Crippen molar-refractivity contribution in [3.8, 4) is 0 Å². The molecule has 0 unspecified atom stereocenters. The van der Waals surface area contributed by atoms with Gasteiger partial charge < -0.3 is 10.4 Å². The van der Waals surface area contributed by atoms with Crippen LogP contribution in [0.4, 0.5) is 0 Å².